The van der Waals surface area contributed by atoms with Crippen molar-refractivity contribution in [2.45, 2.75) is 32.4 Å². The molecule has 0 spiro atoms. The average Bonchev–Trinajstić information content (AvgIpc) is 2.17. The summed E-state index contributed by atoms with van der Waals surface area (Å²) in [6.45, 7) is 7.64. The van der Waals surface area contributed by atoms with Crippen LogP contribution in [-0.4, -0.2) is 14.7 Å². The molecule has 0 amide bonds. The van der Waals surface area contributed by atoms with Crippen molar-refractivity contribution in [1.82, 2.24) is 0 Å². The van der Waals surface area contributed by atoms with Gasteiger partial charge in [0.05, 0.1) is 10.5 Å². The van der Waals surface area contributed by atoms with Gasteiger partial charge in [0.15, 0.2) is 0 Å². The lowest BCUT2D eigenvalue weighted by Crippen LogP contribution is -2.20. The van der Waals surface area contributed by atoms with Crippen LogP contribution in [0.1, 0.15) is 33.3 Å². The highest BCUT2D eigenvalue weighted by atomic mass is 79.9. The van der Waals surface area contributed by atoms with Crippen LogP contribution >= 0.6 is 15.9 Å². The molecular formula is C12H16BrNOS. The molecule has 0 N–H and O–H groups in total. The lowest BCUT2D eigenvalue weighted by Gasteiger charge is -2.14. The van der Waals surface area contributed by atoms with Crippen LogP contribution in [0.4, 0.5) is 0 Å². The Balaban J connectivity index is 2.94. The van der Waals surface area contributed by atoms with Crippen LogP contribution in [0.2, 0.25) is 0 Å². The fraction of sp³-hybridized carbons (Fsp3) is 0.417. The highest BCUT2D eigenvalue weighted by Gasteiger charge is 2.19. The van der Waals surface area contributed by atoms with Gasteiger partial charge < -0.3 is 0 Å². The molecule has 0 fully saturated rings. The molecule has 1 aromatic rings. The van der Waals surface area contributed by atoms with Crippen LogP contribution in [0.5, 0.6) is 0 Å². The van der Waals surface area contributed by atoms with Crippen molar-refractivity contribution in [3.05, 3.63) is 34.3 Å². The summed E-state index contributed by atoms with van der Waals surface area (Å²) in [5.41, 5.74) is 1.81. The molecule has 1 rings (SSSR count). The Morgan fingerprint density at radius 2 is 1.75 bits per heavy atom. The van der Waals surface area contributed by atoms with E-state index in [1.165, 1.54) is 0 Å². The maximum atomic E-state index is 11.8. The van der Waals surface area contributed by atoms with E-state index in [9.17, 15) is 4.21 Å². The molecule has 0 saturated carbocycles. The Kier molecular flexibility index (Phi) is 4.44. The van der Waals surface area contributed by atoms with Gasteiger partial charge >= 0.3 is 0 Å². The Morgan fingerprint density at radius 1 is 1.25 bits per heavy atom. The SMILES string of the molecule is C/C(=N/[S@@](=O)C(C)(C)C)c1ccc(Br)cc1. The standard InChI is InChI=1S/C12H16BrNOS/c1-9(14-16(15)12(2,3)4)10-5-7-11(13)8-6-10/h5-8H,1-4H3/b14-9-/t16-/m0/s1. The van der Waals surface area contributed by atoms with Gasteiger partial charge in [-0.3, -0.25) is 0 Å². The first kappa shape index (κ1) is 13.6. The molecule has 16 heavy (non-hydrogen) atoms. The third kappa shape index (κ3) is 3.83. The van der Waals surface area contributed by atoms with Gasteiger partial charge in [0.25, 0.3) is 0 Å². The second-order valence-corrected chi connectivity index (χ2v) is 7.37. The van der Waals surface area contributed by atoms with Crippen molar-refractivity contribution in [3.8, 4) is 0 Å². The first-order chi connectivity index (χ1) is 7.30. The summed E-state index contributed by atoms with van der Waals surface area (Å²) >= 11 is 3.38. The minimum absolute atomic E-state index is 0.309. The molecule has 0 aliphatic heterocycles. The summed E-state index contributed by atoms with van der Waals surface area (Å²) in [5.74, 6) is 0. The molecule has 2 nitrogen and oxygen atoms in total. The fourth-order valence-electron chi connectivity index (χ4n) is 1.01. The lowest BCUT2D eigenvalue weighted by molar-refractivity contribution is 0.650. The minimum atomic E-state index is -1.20. The predicted molar refractivity (Wildman–Crippen MR) is 74.2 cm³/mol. The Morgan fingerprint density at radius 3 is 2.19 bits per heavy atom. The van der Waals surface area contributed by atoms with Crippen molar-refractivity contribution in [1.29, 1.82) is 0 Å². The molecule has 0 unspecified atom stereocenters. The first-order valence-electron chi connectivity index (χ1n) is 5.04. The van der Waals surface area contributed by atoms with E-state index in [1.807, 2.05) is 52.0 Å². The van der Waals surface area contributed by atoms with E-state index in [-0.39, 0.29) is 4.75 Å². The van der Waals surface area contributed by atoms with Gasteiger partial charge in [-0.1, -0.05) is 28.1 Å². The summed E-state index contributed by atoms with van der Waals surface area (Å²) in [6.07, 6.45) is 0. The van der Waals surface area contributed by atoms with Gasteiger partial charge in [-0.2, -0.15) is 4.40 Å². The first-order valence-corrected chi connectivity index (χ1v) is 6.94. The van der Waals surface area contributed by atoms with E-state index in [1.54, 1.807) is 0 Å². The van der Waals surface area contributed by atoms with E-state index in [2.05, 4.69) is 20.3 Å². The van der Waals surface area contributed by atoms with Crippen molar-refractivity contribution in [2.75, 3.05) is 0 Å². The van der Waals surface area contributed by atoms with Crippen LogP contribution < -0.4 is 0 Å². The van der Waals surface area contributed by atoms with Gasteiger partial charge in [-0.05, 0) is 45.4 Å². The molecule has 88 valence electrons. The van der Waals surface area contributed by atoms with E-state index < -0.39 is 11.0 Å². The summed E-state index contributed by atoms with van der Waals surface area (Å²) in [5, 5.41) is 0. The summed E-state index contributed by atoms with van der Waals surface area (Å²) < 4.78 is 16.8. The van der Waals surface area contributed by atoms with Crippen LogP contribution in [0.15, 0.2) is 33.1 Å². The molecule has 0 aromatic heterocycles. The average molecular weight is 302 g/mol. The van der Waals surface area contributed by atoms with Gasteiger partial charge in [0.2, 0.25) is 0 Å². The third-order valence-corrected chi connectivity index (χ3v) is 4.02. The number of hydrogen-bond acceptors (Lipinski definition) is 1. The topological polar surface area (TPSA) is 29.4 Å². The summed E-state index contributed by atoms with van der Waals surface area (Å²) in [7, 11) is -1.20. The Bertz CT molecular complexity index is 418. The number of benzene rings is 1. The highest BCUT2D eigenvalue weighted by molar-refractivity contribution is 9.10. The lowest BCUT2D eigenvalue weighted by atomic mass is 10.1. The molecule has 4 heteroatoms. The molecule has 0 radical (unpaired) electrons. The van der Waals surface area contributed by atoms with Gasteiger partial charge in [-0.15, -0.1) is 0 Å². The number of nitrogens with zero attached hydrogens (tertiary/aromatic N) is 1. The zero-order chi connectivity index (χ0) is 12.3. The molecule has 0 saturated heterocycles. The third-order valence-electron chi connectivity index (χ3n) is 2.01. The summed E-state index contributed by atoms with van der Waals surface area (Å²) in [4.78, 5) is 0. The normalized spacial score (nSPS) is 14.9. The van der Waals surface area contributed by atoms with E-state index >= 15 is 0 Å². The number of rotatable bonds is 2. The Labute approximate surface area is 108 Å². The van der Waals surface area contributed by atoms with E-state index in [0.717, 1.165) is 15.7 Å². The molecule has 0 heterocycles. The second-order valence-electron chi connectivity index (χ2n) is 4.55. The van der Waals surface area contributed by atoms with Crippen molar-refractivity contribution in [3.63, 3.8) is 0 Å². The van der Waals surface area contributed by atoms with Gasteiger partial charge in [0.1, 0.15) is 11.0 Å². The minimum Gasteiger partial charge on any atom is -0.234 e. The highest BCUT2D eigenvalue weighted by Crippen LogP contribution is 2.15. The van der Waals surface area contributed by atoms with Crippen LogP contribution in [-0.2, 0) is 11.0 Å². The molecule has 1 aromatic carbocycles. The monoisotopic (exact) mass is 301 g/mol. The quantitative estimate of drug-likeness (QED) is 0.766. The van der Waals surface area contributed by atoms with Gasteiger partial charge in [-0.25, -0.2) is 4.21 Å². The molecule has 0 aliphatic rings. The maximum absolute atomic E-state index is 11.8. The molecular weight excluding hydrogens is 286 g/mol. The zero-order valence-electron chi connectivity index (χ0n) is 9.95. The maximum Gasteiger partial charge on any atom is 0.145 e. The van der Waals surface area contributed by atoms with Gasteiger partial charge in [0, 0.05) is 4.47 Å². The van der Waals surface area contributed by atoms with Crippen molar-refractivity contribution < 1.29 is 4.21 Å². The van der Waals surface area contributed by atoms with Crippen LogP contribution in [0.25, 0.3) is 0 Å². The Hall–Kier alpha value is -0.480. The number of hydrogen-bond donors (Lipinski definition) is 0. The second kappa shape index (κ2) is 5.23. The van der Waals surface area contributed by atoms with E-state index in [4.69, 9.17) is 0 Å². The van der Waals surface area contributed by atoms with Crippen molar-refractivity contribution >= 4 is 32.6 Å². The fourth-order valence-corrected chi connectivity index (χ4v) is 1.90. The smallest absolute Gasteiger partial charge is 0.145 e. The van der Waals surface area contributed by atoms with Crippen LogP contribution in [0.3, 0.4) is 0 Å². The van der Waals surface area contributed by atoms with Crippen LogP contribution in [0, 0.1) is 0 Å². The van der Waals surface area contributed by atoms with E-state index in [0.29, 0.717) is 0 Å². The molecule has 1 atom stereocenters. The predicted octanol–water partition coefficient (Wildman–Crippen LogP) is 3.72. The zero-order valence-corrected chi connectivity index (χ0v) is 12.4. The number of halogens is 1. The molecule has 0 bridgehead atoms. The summed E-state index contributed by atoms with van der Waals surface area (Å²) in [6, 6.07) is 7.83. The largest absolute Gasteiger partial charge is 0.234 e. The molecule has 0 aliphatic carbocycles. The van der Waals surface area contributed by atoms with Crippen molar-refractivity contribution in [2.24, 2.45) is 4.40 Å².